The standard InChI is InChI=1S/C15H13N3O2S/c1-20-10-5-2-4-9(8-10)18-14(19)13-12(16)11-6-3-7-17-15(11)21-13/h2-8H,16H2,1H3,(H,18,19). The van der Waals surface area contributed by atoms with Crippen LogP contribution < -0.4 is 15.8 Å². The van der Waals surface area contributed by atoms with Crippen molar-refractivity contribution in [2.24, 2.45) is 0 Å². The van der Waals surface area contributed by atoms with E-state index < -0.39 is 0 Å². The number of benzene rings is 1. The molecule has 0 spiro atoms. The Hall–Kier alpha value is -2.60. The molecule has 106 valence electrons. The molecular weight excluding hydrogens is 286 g/mol. The number of thiophene rings is 1. The van der Waals surface area contributed by atoms with Crippen molar-refractivity contribution in [2.75, 3.05) is 18.2 Å². The van der Waals surface area contributed by atoms with Crippen molar-refractivity contribution in [3.63, 3.8) is 0 Å². The normalized spacial score (nSPS) is 10.5. The van der Waals surface area contributed by atoms with Gasteiger partial charge in [0.25, 0.3) is 5.91 Å². The first-order valence-corrected chi connectivity index (χ1v) is 7.09. The third-order valence-corrected chi connectivity index (χ3v) is 4.17. The van der Waals surface area contributed by atoms with Crippen LogP contribution in [0.25, 0.3) is 10.2 Å². The van der Waals surface area contributed by atoms with Gasteiger partial charge < -0.3 is 15.8 Å². The molecule has 6 heteroatoms. The van der Waals surface area contributed by atoms with Crippen LogP contribution in [0.3, 0.4) is 0 Å². The zero-order chi connectivity index (χ0) is 14.8. The molecule has 0 aliphatic carbocycles. The van der Waals surface area contributed by atoms with Crippen LogP contribution in [0, 0.1) is 0 Å². The summed E-state index contributed by atoms with van der Waals surface area (Å²) >= 11 is 1.28. The van der Waals surface area contributed by atoms with Gasteiger partial charge in [-0.3, -0.25) is 4.79 Å². The molecule has 0 saturated carbocycles. The highest BCUT2D eigenvalue weighted by Gasteiger charge is 2.17. The summed E-state index contributed by atoms with van der Waals surface area (Å²) in [6.07, 6.45) is 1.68. The number of amides is 1. The predicted molar refractivity (Wildman–Crippen MR) is 85.0 cm³/mol. The van der Waals surface area contributed by atoms with Gasteiger partial charge in [-0.15, -0.1) is 11.3 Å². The van der Waals surface area contributed by atoms with E-state index in [4.69, 9.17) is 10.5 Å². The topological polar surface area (TPSA) is 77.2 Å². The van der Waals surface area contributed by atoms with Gasteiger partial charge in [-0.05, 0) is 24.3 Å². The van der Waals surface area contributed by atoms with Crippen molar-refractivity contribution in [3.8, 4) is 5.75 Å². The summed E-state index contributed by atoms with van der Waals surface area (Å²) in [7, 11) is 1.58. The molecule has 0 atom stereocenters. The van der Waals surface area contributed by atoms with Gasteiger partial charge in [0.2, 0.25) is 0 Å². The Bertz CT molecular complexity index is 814. The molecule has 1 aromatic carbocycles. The molecule has 0 radical (unpaired) electrons. The molecule has 3 N–H and O–H groups in total. The van der Waals surface area contributed by atoms with Gasteiger partial charge in [0.15, 0.2) is 0 Å². The van der Waals surface area contributed by atoms with Gasteiger partial charge >= 0.3 is 0 Å². The molecule has 0 unspecified atom stereocenters. The van der Waals surface area contributed by atoms with E-state index in [0.717, 1.165) is 10.2 Å². The number of aromatic nitrogens is 1. The van der Waals surface area contributed by atoms with E-state index >= 15 is 0 Å². The zero-order valence-electron chi connectivity index (χ0n) is 11.3. The smallest absolute Gasteiger partial charge is 0.267 e. The molecule has 3 rings (SSSR count). The molecule has 0 saturated heterocycles. The van der Waals surface area contributed by atoms with Crippen LogP contribution in [0.15, 0.2) is 42.6 Å². The summed E-state index contributed by atoms with van der Waals surface area (Å²) in [5.74, 6) is 0.433. The number of anilines is 2. The lowest BCUT2D eigenvalue weighted by molar-refractivity contribution is 0.103. The van der Waals surface area contributed by atoms with E-state index in [2.05, 4.69) is 10.3 Å². The SMILES string of the molecule is COc1cccc(NC(=O)c2sc3ncccc3c2N)c1. The summed E-state index contributed by atoms with van der Waals surface area (Å²) in [5.41, 5.74) is 7.15. The second-order valence-electron chi connectivity index (χ2n) is 4.39. The minimum absolute atomic E-state index is 0.247. The first-order chi connectivity index (χ1) is 10.2. The van der Waals surface area contributed by atoms with Gasteiger partial charge in [-0.25, -0.2) is 4.98 Å². The Morgan fingerprint density at radius 2 is 2.19 bits per heavy atom. The third kappa shape index (κ3) is 2.53. The fourth-order valence-corrected chi connectivity index (χ4v) is 2.97. The molecule has 0 aliphatic heterocycles. The maximum Gasteiger partial charge on any atom is 0.267 e. The van der Waals surface area contributed by atoms with Crippen LogP contribution in [0.5, 0.6) is 5.75 Å². The summed E-state index contributed by atoms with van der Waals surface area (Å²) in [6, 6.07) is 10.8. The molecule has 2 aromatic heterocycles. The van der Waals surface area contributed by atoms with Crippen molar-refractivity contribution in [3.05, 3.63) is 47.5 Å². The maximum absolute atomic E-state index is 12.4. The van der Waals surface area contributed by atoms with Gasteiger partial charge in [0.1, 0.15) is 15.5 Å². The van der Waals surface area contributed by atoms with E-state index in [9.17, 15) is 4.79 Å². The van der Waals surface area contributed by atoms with Crippen LogP contribution in [0.2, 0.25) is 0 Å². The highest BCUT2D eigenvalue weighted by Crippen LogP contribution is 2.32. The Labute approximate surface area is 125 Å². The summed E-state index contributed by atoms with van der Waals surface area (Å²) in [4.78, 5) is 17.8. The molecule has 1 amide bonds. The number of fused-ring (bicyclic) bond motifs is 1. The summed E-state index contributed by atoms with van der Waals surface area (Å²) in [5, 5.41) is 3.62. The largest absolute Gasteiger partial charge is 0.497 e. The number of nitrogen functional groups attached to an aromatic ring is 1. The van der Waals surface area contributed by atoms with Crippen LogP contribution in [0.1, 0.15) is 9.67 Å². The molecular formula is C15H13N3O2S. The quantitative estimate of drug-likeness (QED) is 0.779. The number of carbonyl (C=O) groups is 1. The molecule has 0 aliphatic rings. The number of ether oxygens (including phenoxy) is 1. The number of rotatable bonds is 3. The van der Waals surface area contributed by atoms with Gasteiger partial charge in [-0.1, -0.05) is 6.07 Å². The van der Waals surface area contributed by atoms with E-state index in [0.29, 0.717) is 22.0 Å². The lowest BCUT2D eigenvalue weighted by Crippen LogP contribution is -2.11. The van der Waals surface area contributed by atoms with E-state index in [1.807, 2.05) is 18.2 Å². The van der Waals surface area contributed by atoms with Crippen molar-refractivity contribution >= 4 is 38.8 Å². The van der Waals surface area contributed by atoms with Crippen molar-refractivity contribution in [1.82, 2.24) is 4.98 Å². The highest BCUT2D eigenvalue weighted by atomic mass is 32.1. The monoisotopic (exact) mass is 299 g/mol. The lowest BCUT2D eigenvalue weighted by Gasteiger charge is -2.06. The van der Waals surface area contributed by atoms with Crippen LogP contribution in [-0.2, 0) is 0 Å². The molecule has 0 bridgehead atoms. The average molecular weight is 299 g/mol. The number of hydrogen-bond acceptors (Lipinski definition) is 5. The number of hydrogen-bond donors (Lipinski definition) is 2. The zero-order valence-corrected chi connectivity index (χ0v) is 12.1. The summed E-state index contributed by atoms with van der Waals surface area (Å²) in [6.45, 7) is 0. The fourth-order valence-electron chi connectivity index (χ4n) is 2.01. The number of nitrogens with one attached hydrogen (secondary N) is 1. The number of nitrogens with two attached hydrogens (primary N) is 1. The Kier molecular flexibility index (Phi) is 3.45. The number of pyridine rings is 1. The van der Waals surface area contributed by atoms with Crippen molar-refractivity contribution in [2.45, 2.75) is 0 Å². The van der Waals surface area contributed by atoms with Crippen molar-refractivity contribution in [1.29, 1.82) is 0 Å². The molecule has 21 heavy (non-hydrogen) atoms. The van der Waals surface area contributed by atoms with Crippen LogP contribution >= 0.6 is 11.3 Å². The van der Waals surface area contributed by atoms with E-state index in [-0.39, 0.29) is 5.91 Å². The molecule has 2 heterocycles. The van der Waals surface area contributed by atoms with Crippen LogP contribution in [-0.4, -0.2) is 18.0 Å². The Balaban J connectivity index is 1.91. The number of methoxy groups -OCH3 is 1. The minimum atomic E-state index is -0.247. The van der Waals surface area contributed by atoms with Gasteiger partial charge in [-0.2, -0.15) is 0 Å². The summed E-state index contributed by atoms with van der Waals surface area (Å²) < 4.78 is 5.13. The molecule has 5 nitrogen and oxygen atoms in total. The predicted octanol–water partition coefficient (Wildman–Crippen LogP) is 3.14. The van der Waals surface area contributed by atoms with Crippen molar-refractivity contribution < 1.29 is 9.53 Å². The van der Waals surface area contributed by atoms with E-state index in [1.54, 1.807) is 31.5 Å². The fraction of sp³-hybridized carbons (Fsp3) is 0.0667. The first-order valence-electron chi connectivity index (χ1n) is 6.27. The molecule has 3 aromatic rings. The lowest BCUT2D eigenvalue weighted by atomic mass is 10.2. The number of nitrogens with zero attached hydrogens (tertiary/aromatic N) is 1. The van der Waals surface area contributed by atoms with Gasteiger partial charge in [0.05, 0.1) is 12.8 Å². The van der Waals surface area contributed by atoms with Crippen LogP contribution in [0.4, 0.5) is 11.4 Å². The maximum atomic E-state index is 12.4. The first kappa shape index (κ1) is 13.4. The Morgan fingerprint density at radius 1 is 1.33 bits per heavy atom. The second-order valence-corrected chi connectivity index (χ2v) is 5.39. The Morgan fingerprint density at radius 3 is 2.95 bits per heavy atom. The molecule has 0 fully saturated rings. The van der Waals surface area contributed by atoms with Gasteiger partial charge in [0, 0.05) is 23.3 Å². The third-order valence-electron chi connectivity index (χ3n) is 3.04. The minimum Gasteiger partial charge on any atom is -0.497 e. The average Bonchev–Trinajstić information content (AvgIpc) is 2.85. The highest BCUT2D eigenvalue weighted by molar-refractivity contribution is 7.21. The number of carbonyl (C=O) groups excluding carboxylic acids is 1. The van der Waals surface area contributed by atoms with E-state index in [1.165, 1.54) is 11.3 Å². The second kappa shape index (κ2) is 5.41.